The third-order valence-corrected chi connectivity index (χ3v) is 4.31. The van der Waals surface area contributed by atoms with Crippen molar-refractivity contribution < 1.29 is 19.1 Å². The number of halogens is 2. The van der Waals surface area contributed by atoms with Crippen molar-refractivity contribution in [2.75, 3.05) is 6.61 Å². The van der Waals surface area contributed by atoms with Gasteiger partial charge in [0.2, 0.25) is 0 Å². The monoisotopic (exact) mass is 344 g/mol. The van der Waals surface area contributed by atoms with E-state index in [0.29, 0.717) is 29.5 Å². The van der Waals surface area contributed by atoms with Gasteiger partial charge in [-0.05, 0) is 31.9 Å². The Bertz CT molecular complexity index is 559. The van der Waals surface area contributed by atoms with E-state index in [4.69, 9.17) is 32.7 Å². The molecule has 2 unspecified atom stereocenters. The Hall–Kier alpha value is -1.26. The van der Waals surface area contributed by atoms with Crippen LogP contribution in [0.4, 0.5) is 0 Å². The summed E-state index contributed by atoms with van der Waals surface area (Å²) in [6.45, 7) is 2.05. The molecule has 2 rings (SSSR count). The van der Waals surface area contributed by atoms with Crippen LogP contribution in [0.3, 0.4) is 0 Å². The molecule has 6 heteroatoms. The molecule has 2 atom stereocenters. The summed E-state index contributed by atoms with van der Waals surface area (Å²) in [6, 6.07) is 4.67. The third kappa shape index (κ3) is 4.14. The molecule has 0 spiro atoms. The first-order valence-corrected chi connectivity index (χ1v) is 8.12. The number of rotatable bonds is 4. The zero-order chi connectivity index (χ0) is 16.1. The lowest BCUT2D eigenvalue weighted by molar-refractivity contribution is -0.158. The first kappa shape index (κ1) is 17.1. The van der Waals surface area contributed by atoms with Crippen molar-refractivity contribution in [1.29, 1.82) is 0 Å². The zero-order valence-electron chi connectivity index (χ0n) is 12.3. The minimum atomic E-state index is -0.497. The molecule has 0 aromatic heterocycles. The second kappa shape index (κ2) is 7.84. The van der Waals surface area contributed by atoms with Crippen LogP contribution in [0.25, 0.3) is 0 Å². The van der Waals surface area contributed by atoms with Gasteiger partial charge in [-0.25, -0.2) is 0 Å². The minimum Gasteiger partial charge on any atom is -0.466 e. The molecule has 1 saturated carbocycles. The van der Waals surface area contributed by atoms with Crippen LogP contribution in [-0.2, 0) is 14.3 Å². The lowest BCUT2D eigenvalue weighted by atomic mass is 9.79. The van der Waals surface area contributed by atoms with E-state index in [9.17, 15) is 9.59 Å². The first-order chi connectivity index (χ1) is 10.5. The maximum atomic E-state index is 12.4. The van der Waals surface area contributed by atoms with Gasteiger partial charge in [0.25, 0.3) is 0 Å². The standard InChI is InChI=1S/C16H18Cl2O4/c1-2-21-15(19)11-5-3-4-6-12(11)16(20)22-14-9-10(17)7-8-13(14)18/h7-9,11-12H,2-6H2,1H3. The lowest BCUT2D eigenvalue weighted by Gasteiger charge is -2.28. The molecule has 0 aliphatic heterocycles. The van der Waals surface area contributed by atoms with Crippen LogP contribution in [0.5, 0.6) is 5.75 Å². The fraction of sp³-hybridized carbons (Fsp3) is 0.500. The Labute approximate surface area is 139 Å². The van der Waals surface area contributed by atoms with Gasteiger partial charge in [0.15, 0.2) is 5.75 Å². The molecule has 0 heterocycles. The normalized spacial score (nSPS) is 21.2. The summed E-state index contributed by atoms with van der Waals surface area (Å²) in [4.78, 5) is 24.4. The van der Waals surface area contributed by atoms with Crippen molar-refractivity contribution in [3.05, 3.63) is 28.2 Å². The van der Waals surface area contributed by atoms with Crippen LogP contribution in [0.15, 0.2) is 18.2 Å². The number of hydrogen-bond acceptors (Lipinski definition) is 4. The number of hydrogen-bond donors (Lipinski definition) is 0. The van der Waals surface area contributed by atoms with Gasteiger partial charge in [-0.3, -0.25) is 9.59 Å². The van der Waals surface area contributed by atoms with E-state index in [1.165, 1.54) is 6.07 Å². The van der Waals surface area contributed by atoms with Gasteiger partial charge in [0.1, 0.15) is 0 Å². The van der Waals surface area contributed by atoms with Crippen LogP contribution in [0, 0.1) is 11.8 Å². The molecule has 1 fully saturated rings. The smallest absolute Gasteiger partial charge is 0.315 e. The fourth-order valence-corrected chi connectivity index (χ4v) is 3.00. The van der Waals surface area contributed by atoms with E-state index in [0.717, 1.165) is 12.8 Å². The quantitative estimate of drug-likeness (QED) is 0.604. The van der Waals surface area contributed by atoms with Crippen molar-refractivity contribution in [3.8, 4) is 5.75 Å². The minimum absolute atomic E-state index is 0.215. The number of ether oxygens (including phenoxy) is 2. The Kier molecular flexibility index (Phi) is 6.09. The summed E-state index contributed by atoms with van der Waals surface area (Å²) >= 11 is 11.9. The first-order valence-electron chi connectivity index (χ1n) is 7.36. The highest BCUT2D eigenvalue weighted by Crippen LogP contribution is 2.34. The van der Waals surface area contributed by atoms with Gasteiger partial charge < -0.3 is 9.47 Å². The molecule has 0 bridgehead atoms. The molecule has 120 valence electrons. The molecular formula is C16H18Cl2O4. The van der Waals surface area contributed by atoms with Gasteiger partial charge >= 0.3 is 11.9 Å². The Morgan fingerprint density at radius 3 is 2.41 bits per heavy atom. The van der Waals surface area contributed by atoms with Crippen LogP contribution < -0.4 is 4.74 Å². The van der Waals surface area contributed by atoms with Gasteiger partial charge in [0, 0.05) is 11.1 Å². The summed E-state index contributed by atoms with van der Waals surface area (Å²) in [5.74, 6) is -1.52. The molecule has 0 saturated heterocycles. The summed E-state index contributed by atoms with van der Waals surface area (Å²) in [6.07, 6.45) is 3.05. The van der Waals surface area contributed by atoms with E-state index in [-0.39, 0.29) is 11.7 Å². The van der Waals surface area contributed by atoms with Crippen molar-refractivity contribution in [3.63, 3.8) is 0 Å². The average Bonchev–Trinajstić information content (AvgIpc) is 2.51. The molecule has 0 amide bonds. The average molecular weight is 345 g/mol. The van der Waals surface area contributed by atoms with Crippen LogP contribution >= 0.6 is 23.2 Å². The van der Waals surface area contributed by atoms with E-state index in [1.807, 2.05) is 0 Å². The molecule has 4 nitrogen and oxygen atoms in total. The molecule has 1 aliphatic rings. The highest BCUT2D eigenvalue weighted by Gasteiger charge is 2.38. The Morgan fingerprint density at radius 1 is 1.14 bits per heavy atom. The molecule has 0 radical (unpaired) electrons. The SMILES string of the molecule is CCOC(=O)C1CCCCC1C(=O)Oc1cc(Cl)ccc1Cl. The van der Waals surface area contributed by atoms with Gasteiger partial charge in [0.05, 0.1) is 23.5 Å². The van der Waals surface area contributed by atoms with Crippen molar-refractivity contribution in [2.45, 2.75) is 32.6 Å². The Balaban J connectivity index is 2.12. The molecule has 1 aromatic rings. The van der Waals surface area contributed by atoms with Crippen molar-refractivity contribution >= 4 is 35.1 Å². The van der Waals surface area contributed by atoms with Crippen LogP contribution in [-0.4, -0.2) is 18.5 Å². The van der Waals surface area contributed by atoms with Crippen molar-refractivity contribution in [2.24, 2.45) is 11.8 Å². The molecular weight excluding hydrogens is 327 g/mol. The summed E-state index contributed by atoms with van der Waals surface area (Å²) in [5.41, 5.74) is 0. The van der Waals surface area contributed by atoms with Gasteiger partial charge in [-0.1, -0.05) is 36.0 Å². The highest BCUT2D eigenvalue weighted by atomic mass is 35.5. The summed E-state index contributed by atoms with van der Waals surface area (Å²) in [5, 5.41) is 0.735. The third-order valence-electron chi connectivity index (χ3n) is 3.76. The summed E-state index contributed by atoms with van der Waals surface area (Å²) < 4.78 is 10.4. The molecule has 1 aliphatic carbocycles. The van der Waals surface area contributed by atoms with Gasteiger partial charge in [-0.15, -0.1) is 0 Å². The lowest BCUT2D eigenvalue weighted by Crippen LogP contribution is -2.36. The predicted molar refractivity (Wildman–Crippen MR) is 84.2 cm³/mol. The number of esters is 2. The van der Waals surface area contributed by atoms with Crippen LogP contribution in [0.1, 0.15) is 32.6 Å². The number of carbonyl (C=O) groups excluding carboxylic acids is 2. The summed E-state index contributed by atoms with van der Waals surface area (Å²) in [7, 11) is 0. The maximum absolute atomic E-state index is 12.4. The molecule has 0 N–H and O–H groups in total. The second-order valence-electron chi connectivity index (χ2n) is 5.25. The number of carbonyl (C=O) groups is 2. The van der Waals surface area contributed by atoms with E-state index >= 15 is 0 Å². The van der Waals surface area contributed by atoms with E-state index in [2.05, 4.69) is 0 Å². The maximum Gasteiger partial charge on any atom is 0.315 e. The van der Waals surface area contributed by atoms with Gasteiger partial charge in [-0.2, -0.15) is 0 Å². The molecule has 1 aromatic carbocycles. The van der Waals surface area contributed by atoms with E-state index < -0.39 is 17.8 Å². The predicted octanol–water partition coefficient (Wildman–Crippen LogP) is 4.27. The number of benzene rings is 1. The fourth-order valence-electron chi connectivity index (χ4n) is 2.68. The van der Waals surface area contributed by atoms with E-state index in [1.54, 1.807) is 19.1 Å². The van der Waals surface area contributed by atoms with Crippen molar-refractivity contribution in [1.82, 2.24) is 0 Å². The molecule has 22 heavy (non-hydrogen) atoms. The highest BCUT2D eigenvalue weighted by molar-refractivity contribution is 6.34. The largest absolute Gasteiger partial charge is 0.466 e. The van der Waals surface area contributed by atoms with Crippen LogP contribution in [0.2, 0.25) is 10.0 Å². The topological polar surface area (TPSA) is 52.6 Å². The second-order valence-corrected chi connectivity index (χ2v) is 6.09. The zero-order valence-corrected chi connectivity index (χ0v) is 13.8. The Morgan fingerprint density at radius 2 is 1.77 bits per heavy atom.